The fourth-order valence-electron chi connectivity index (χ4n) is 2.50. The van der Waals surface area contributed by atoms with E-state index in [-0.39, 0.29) is 12.5 Å². The molecular formula is C18H18ClNO3. The van der Waals surface area contributed by atoms with Gasteiger partial charge in [-0.3, -0.25) is 4.79 Å². The normalized spacial score (nSPS) is 13.4. The van der Waals surface area contributed by atoms with Gasteiger partial charge in [-0.1, -0.05) is 29.8 Å². The van der Waals surface area contributed by atoms with E-state index < -0.39 is 0 Å². The highest BCUT2D eigenvalue weighted by Crippen LogP contribution is 2.34. The number of ether oxygens (including phenoxy) is 2. The van der Waals surface area contributed by atoms with E-state index in [9.17, 15) is 4.79 Å². The van der Waals surface area contributed by atoms with Gasteiger partial charge in [-0.25, -0.2) is 0 Å². The van der Waals surface area contributed by atoms with E-state index in [0.717, 1.165) is 24.3 Å². The summed E-state index contributed by atoms with van der Waals surface area (Å²) in [5.74, 6) is 1.53. The summed E-state index contributed by atoms with van der Waals surface area (Å²) in [7, 11) is 0. The minimum Gasteiger partial charge on any atom is -0.494 e. The Labute approximate surface area is 140 Å². The van der Waals surface area contributed by atoms with Gasteiger partial charge in [-0.05, 0) is 43.2 Å². The SMILES string of the molecule is O=C1COc2ccc(Cl)cc2N1CCCCOc1ccccc1. The van der Waals surface area contributed by atoms with Crippen molar-refractivity contribution in [1.82, 2.24) is 0 Å². The minimum absolute atomic E-state index is 0.0382. The van der Waals surface area contributed by atoms with Gasteiger partial charge in [0.25, 0.3) is 5.91 Å². The Morgan fingerprint density at radius 1 is 1.13 bits per heavy atom. The van der Waals surface area contributed by atoms with Crippen LogP contribution in [0.25, 0.3) is 0 Å². The number of hydrogen-bond donors (Lipinski definition) is 0. The van der Waals surface area contributed by atoms with Gasteiger partial charge in [0, 0.05) is 11.6 Å². The molecule has 1 heterocycles. The number of halogens is 1. The first-order valence-electron chi connectivity index (χ1n) is 7.64. The molecule has 4 nitrogen and oxygen atoms in total. The number of rotatable bonds is 6. The predicted molar refractivity (Wildman–Crippen MR) is 90.5 cm³/mol. The van der Waals surface area contributed by atoms with E-state index in [2.05, 4.69) is 0 Å². The molecule has 0 bridgehead atoms. The molecule has 5 heteroatoms. The third kappa shape index (κ3) is 3.96. The van der Waals surface area contributed by atoms with Crippen LogP contribution < -0.4 is 14.4 Å². The van der Waals surface area contributed by atoms with Crippen LogP contribution in [0.2, 0.25) is 5.02 Å². The Balaban J connectivity index is 1.52. The third-order valence-corrected chi connectivity index (χ3v) is 3.89. The highest BCUT2D eigenvalue weighted by Gasteiger charge is 2.25. The Morgan fingerprint density at radius 3 is 2.78 bits per heavy atom. The van der Waals surface area contributed by atoms with Gasteiger partial charge in [0.15, 0.2) is 6.61 Å². The number of nitrogens with zero attached hydrogens (tertiary/aromatic N) is 1. The average Bonchev–Trinajstić information content (AvgIpc) is 2.57. The molecule has 0 unspecified atom stereocenters. The van der Waals surface area contributed by atoms with Gasteiger partial charge in [-0.15, -0.1) is 0 Å². The van der Waals surface area contributed by atoms with Crippen LogP contribution in [0, 0.1) is 0 Å². The molecule has 0 spiro atoms. The van der Waals surface area contributed by atoms with E-state index >= 15 is 0 Å². The van der Waals surface area contributed by atoms with E-state index in [0.29, 0.717) is 23.9 Å². The van der Waals surface area contributed by atoms with Crippen molar-refractivity contribution in [2.75, 3.05) is 24.7 Å². The third-order valence-electron chi connectivity index (χ3n) is 3.65. The average molecular weight is 332 g/mol. The molecule has 1 aliphatic heterocycles. The summed E-state index contributed by atoms with van der Waals surface area (Å²) in [6.45, 7) is 1.34. The van der Waals surface area contributed by atoms with Crippen molar-refractivity contribution in [2.24, 2.45) is 0 Å². The fraction of sp³-hybridized carbons (Fsp3) is 0.278. The molecule has 0 aliphatic carbocycles. The molecule has 23 heavy (non-hydrogen) atoms. The molecule has 0 saturated heterocycles. The Hall–Kier alpha value is -2.20. The summed E-state index contributed by atoms with van der Waals surface area (Å²) in [5, 5.41) is 0.597. The quantitative estimate of drug-likeness (QED) is 0.753. The van der Waals surface area contributed by atoms with Gasteiger partial charge in [-0.2, -0.15) is 0 Å². The van der Waals surface area contributed by atoms with Crippen LogP contribution in [0.4, 0.5) is 5.69 Å². The molecule has 0 N–H and O–H groups in total. The first-order valence-corrected chi connectivity index (χ1v) is 8.02. The lowest BCUT2D eigenvalue weighted by molar-refractivity contribution is -0.121. The number of benzene rings is 2. The number of anilines is 1. The van der Waals surface area contributed by atoms with Gasteiger partial charge in [0.2, 0.25) is 0 Å². The lowest BCUT2D eigenvalue weighted by atomic mass is 10.2. The van der Waals surface area contributed by atoms with Gasteiger partial charge in [0.1, 0.15) is 11.5 Å². The van der Waals surface area contributed by atoms with Crippen molar-refractivity contribution in [2.45, 2.75) is 12.8 Å². The van der Waals surface area contributed by atoms with Crippen LogP contribution in [-0.2, 0) is 4.79 Å². The standard InChI is InChI=1S/C18H18ClNO3/c19-14-8-9-17-16(12-14)20(18(21)13-23-17)10-4-5-11-22-15-6-2-1-3-7-15/h1-3,6-9,12H,4-5,10-11,13H2. The first-order chi connectivity index (χ1) is 11.2. The summed E-state index contributed by atoms with van der Waals surface area (Å²) >= 11 is 6.03. The molecule has 0 radical (unpaired) electrons. The Bertz CT molecular complexity index is 675. The molecule has 3 rings (SSSR count). The first kappa shape index (κ1) is 15.7. The smallest absolute Gasteiger partial charge is 0.265 e. The van der Waals surface area contributed by atoms with Crippen LogP contribution in [0.3, 0.4) is 0 Å². The monoisotopic (exact) mass is 331 g/mol. The Kier molecular flexibility index (Phi) is 5.03. The zero-order valence-corrected chi connectivity index (χ0v) is 13.5. The summed E-state index contributed by atoms with van der Waals surface area (Å²) in [5.41, 5.74) is 0.748. The number of amides is 1. The minimum atomic E-state index is -0.0382. The van der Waals surface area contributed by atoms with Crippen LogP contribution >= 0.6 is 11.6 Å². The van der Waals surface area contributed by atoms with Crippen molar-refractivity contribution < 1.29 is 14.3 Å². The summed E-state index contributed by atoms with van der Waals surface area (Å²) in [6.07, 6.45) is 1.72. The van der Waals surface area contributed by atoms with Crippen molar-refractivity contribution >= 4 is 23.2 Å². The Morgan fingerprint density at radius 2 is 1.96 bits per heavy atom. The molecule has 1 amide bonds. The number of unbranched alkanes of at least 4 members (excludes halogenated alkanes) is 1. The van der Waals surface area contributed by atoms with Crippen LogP contribution in [-0.4, -0.2) is 25.7 Å². The molecular weight excluding hydrogens is 314 g/mol. The maximum absolute atomic E-state index is 12.1. The number of hydrogen-bond acceptors (Lipinski definition) is 3. The maximum atomic E-state index is 12.1. The zero-order chi connectivity index (χ0) is 16.1. The van der Waals surface area contributed by atoms with Crippen LogP contribution in [0.1, 0.15) is 12.8 Å². The van der Waals surface area contributed by atoms with Crippen molar-refractivity contribution in [3.8, 4) is 11.5 Å². The molecule has 0 atom stereocenters. The van der Waals surface area contributed by atoms with E-state index in [1.54, 1.807) is 23.1 Å². The van der Waals surface area contributed by atoms with Gasteiger partial charge < -0.3 is 14.4 Å². The molecule has 2 aromatic carbocycles. The van der Waals surface area contributed by atoms with Crippen molar-refractivity contribution in [3.63, 3.8) is 0 Å². The van der Waals surface area contributed by atoms with Gasteiger partial charge >= 0.3 is 0 Å². The highest BCUT2D eigenvalue weighted by atomic mass is 35.5. The number of carbonyl (C=O) groups excluding carboxylic acids is 1. The van der Waals surface area contributed by atoms with Crippen LogP contribution in [0.15, 0.2) is 48.5 Å². The maximum Gasteiger partial charge on any atom is 0.265 e. The summed E-state index contributed by atoms with van der Waals surface area (Å²) in [6, 6.07) is 15.1. The molecule has 120 valence electrons. The summed E-state index contributed by atoms with van der Waals surface area (Å²) in [4.78, 5) is 13.8. The second-order valence-corrected chi connectivity index (χ2v) is 5.75. The van der Waals surface area contributed by atoms with E-state index in [1.807, 2.05) is 30.3 Å². The number of carbonyl (C=O) groups is 1. The van der Waals surface area contributed by atoms with Crippen molar-refractivity contribution in [1.29, 1.82) is 0 Å². The van der Waals surface area contributed by atoms with Crippen LogP contribution in [0.5, 0.6) is 11.5 Å². The lowest BCUT2D eigenvalue weighted by Crippen LogP contribution is -2.39. The molecule has 0 saturated carbocycles. The molecule has 2 aromatic rings. The van der Waals surface area contributed by atoms with E-state index in [1.165, 1.54) is 0 Å². The summed E-state index contributed by atoms with van der Waals surface area (Å²) < 4.78 is 11.1. The fourth-order valence-corrected chi connectivity index (χ4v) is 2.67. The van der Waals surface area contributed by atoms with Gasteiger partial charge in [0.05, 0.1) is 12.3 Å². The van der Waals surface area contributed by atoms with Crippen molar-refractivity contribution in [3.05, 3.63) is 53.6 Å². The second kappa shape index (κ2) is 7.38. The predicted octanol–water partition coefficient (Wildman–Crippen LogP) is 3.92. The van der Waals surface area contributed by atoms with E-state index in [4.69, 9.17) is 21.1 Å². The largest absolute Gasteiger partial charge is 0.494 e. The molecule has 0 fully saturated rings. The highest BCUT2D eigenvalue weighted by molar-refractivity contribution is 6.31. The lowest BCUT2D eigenvalue weighted by Gasteiger charge is -2.29. The molecule has 0 aromatic heterocycles. The number of fused-ring (bicyclic) bond motifs is 1. The topological polar surface area (TPSA) is 38.8 Å². The zero-order valence-electron chi connectivity index (χ0n) is 12.7. The molecule has 1 aliphatic rings. The number of para-hydroxylation sites is 1. The second-order valence-electron chi connectivity index (χ2n) is 5.31.